The van der Waals surface area contributed by atoms with E-state index in [1.165, 1.54) is 17.7 Å². The second-order valence-corrected chi connectivity index (χ2v) is 6.37. The van der Waals surface area contributed by atoms with Crippen LogP contribution < -0.4 is 9.47 Å². The van der Waals surface area contributed by atoms with E-state index in [0.717, 1.165) is 42.0 Å². The van der Waals surface area contributed by atoms with Crippen LogP contribution in [0.25, 0.3) is 11.3 Å². The van der Waals surface area contributed by atoms with Crippen molar-refractivity contribution in [3.8, 4) is 22.8 Å². The van der Waals surface area contributed by atoms with Gasteiger partial charge in [-0.15, -0.1) is 0 Å². The first-order chi connectivity index (χ1) is 13.2. The lowest BCUT2D eigenvalue weighted by Gasteiger charge is -2.13. The van der Waals surface area contributed by atoms with Crippen LogP contribution in [0.2, 0.25) is 0 Å². The molecule has 0 saturated heterocycles. The Hall–Kier alpha value is -3.15. The van der Waals surface area contributed by atoms with Crippen LogP contribution in [0.15, 0.2) is 47.6 Å². The van der Waals surface area contributed by atoms with Gasteiger partial charge in [-0.05, 0) is 48.2 Å². The molecule has 0 fully saturated rings. The summed E-state index contributed by atoms with van der Waals surface area (Å²) in [5, 5.41) is 0. The van der Waals surface area contributed by atoms with Gasteiger partial charge in [-0.1, -0.05) is 12.1 Å². The smallest absolute Gasteiger partial charge is 0.229 e. The average molecular weight is 365 g/mol. The van der Waals surface area contributed by atoms with E-state index in [9.17, 15) is 4.39 Å². The minimum absolute atomic E-state index is 0.261. The van der Waals surface area contributed by atoms with Crippen molar-refractivity contribution in [1.82, 2.24) is 9.55 Å². The zero-order chi connectivity index (χ0) is 18.8. The van der Waals surface area contributed by atoms with Crippen molar-refractivity contribution < 1.29 is 13.9 Å². The Morgan fingerprint density at radius 3 is 2.59 bits per heavy atom. The SMILES string of the molecule is COc1cc2c(cc1OC)-c1cnc(N=Cc3ccc(F)cc3)n1CCC2. The molecule has 0 radical (unpaired) electrons. The fourth-order valence-electron chi connectivity index (χ4n) is 3.38. The molecule has 1 aromatic heterocycles. The molecule has 1 aliphatic rings. The summed E-state index contributed by atoms with van der Waals surface area (Å²) in [6.45, 7) is 0.824. The molecule has 0 unspecified atom stereocenters. The molecule has 5 nitrogen and oxygen atoms in total. The van der Waals surface area contributed by atoms with E-state index < -0.39 is 0 Å². The summed E-state index contributed by atoms with van der Waals surface area (Å²) in [5.74, 6) is 1.81. The molecule has 0 amide bonds. The number of aliphatic imine (C=N–C) groups is 1. The van der Waals surface area contributed by atoms with E-state index in [0.29, 0.717) is 11.7 Å². The number of halogens is 1. The molecule has 3 aromatic rings. The second kappa shape index (κ2) is 7.23. The first-order valence-electron chi connectivity index (χ1n) is 8.80. The van der Waals surface area contributed by atoms with Crippen molar-refractivity contribution in [2.45, 2.75) is 19.4 Å². The number of methoxy groups -OCH3 is 2. The number of hydrogen-bond acceptors (Lipinski definition) is 4. The molecule has 0 atom stereocenters. The van der Waals surface area contributed by atoms with E-state index in [2.05, 4.69) is 14.5 Å². The maximum Gasteiger partial charge on any atom is 0.229 e. The Morgan fingerprint density at radius 1 is 1.11 bits per heavy atom. The van der Waals surface area contributed by atoms with Crippen LogP contribution in [0, 0.1) is 5.82 Å². The van der Waals surface area contributed by atoms with Crippen LogP contribution in [0.4, 0.5) is 10.3 Å². The van der Waals surface area contributed by atoms with Gasteiger partial charge in [0.25, 0.3) is 0 Å². The second-order valence-electron chi connectivity index (χ2n) is 6.37. The minimum Gasteiger partial charge on any atom is -0.493 e. The van der Waals surface area contributed by atoms with Crippen molar-refractivity contribution >= 4 is 12.2 Å². The Bertz CT molecular complexity index is 993. The molecule has 6 heteroatoms. The lowest BCUT2D eigenvalue weighted by atomic mass is 10.0. The lowest BCUT2D eigenvalue weighted by molar-refractivity contribution is 0.354. The van der Waals surface area contributed by atoms with Crippen LogP contribution >= 0.6 is 0 Å². The van der Waals surface area contributed by atoms with Crippen molar-refractivity contribution in [3.05, 3.63) is 59.5 Å². The van der Waals surface area contributed by atoms with Crippen LogP contribution in [-0.2, 0) is 13.0 Å². The quantitative estimate of drug-likeness (QED) is 0.644. The monoisotopic (exact) mass is 365 g/mol. The molecule has 27 heavy (non-hydrogen) atoms. The van der Waals surface area contributed by atoms with Crippen molar-refractivity contribution in [2.75, 3.05) is 14.2 Å². The number of hydrogen-bond donors (Lipinski definition) is 0. The highest BCUT2D eigenvalue weighted by atomic mass is 19.1. The standard InChI is InChI=1S/C21H20FN3O2/c1-26-19-10-15-4-3-9-25-18(17(15)11-20(19)27-2)13-24-21(25)23-12-14-5-7-16(22)8-6-14/h5-8,10-13H,3-4,9H2,1-2H3. The van der Waals surface area contributed by atoms with Gasteiger partial charge in [0.15, 0.2) is 11.5 Å². The Balaban J connectivity index is 1.73. The normalized spacial score (nSPS) is 13.1. The van der Waals surface area contributed by atoms with Gasteiger partial charge < -0.3 is 14.0 Å². The summed E-state index contributed by atoms with van der Waals surface area (Å²) in [5.41, 5.74) is 4.13. The van der Waals surface area contributed by atoms with E-state index in [1.54, 1.807) is 32.6 Å². The molecule has 0 aliphatic carbocycles. The van der Waals surface area contributed by atoms with E-state index in [-0.39, 0.29) is 5.82 Å². The summed E-state index contributed by atoms with van der Waals surface area (Å²) in [6, 6.07) is 10.3. The highest BCUT2D eigenvalue weighted by molar-refractivity contribution is 5.81. The van der Waals surface area contributed by atoms with Gasteiger partial charge in [0.1, 0.15) is 5.82 Å². The van der Waals surface area contributed by atoms with E-state index in [4.69, 9.17) is 9.47 Å². The molecule has 138 valence electrons. The van der Waals surface area contributed by atoms with Gasteiger partial charge in [0.2, 0.25) is 5.95 Å². The van der Waals surface area contributed by atoms with Crippen molar-refractivity contribution in [2.24, 2.45) is 4.99 Å². The highest BCUT2D eigenvalue weighted by Gasteiger charge is 2.20. The summed E-state index contributed by atoms with van der Waals surface area (Å²) >= 11 is 0. The van der Waals surface area contributed by atoms with Gasteiger partial charge >= 0.3 is 0 Å². The van der Waals surface area contributed by atoms with E-state index in [1.807, 2.05) is 18.3 Å². The Labute approximate surface area is 157 Å². The number of rotatable bonds is 4. The predicted molar refractivity (Wildman–Crippen MR) is 103 cm³/mol. The van der Waals surface area contributed by atoms with Gasteiger partial charge in [0.05, 0.1) is 26.1 Å². The average Bonchev–Trinajstić information content (AvgIpc) is 3.00. The zero-order valence-electron chi connectivity index (χ0n) is 15.3. The first kappa shape index (κ1) is 17.3. The molecular weight excluding hydrogens is 345 g/mol. The number of aromatic nitrogens is 2. The molecule has 0 spiro atoms. The zero-order valence-corrected chi connectivity index (χ0v) is 15.3. The molecule has 0 N–H and O–H groups in total. The van der Waals surface area contributed by atoms with Crippen LogP contribution in [0.5, 0.6) is 11.5 Å². The maximum atomic E-state index is 13.0. The van der Waals surface area contributed by atoms with Crippen molar-refractivity contribution in [3.63, 3.8) is 0 Å². The molecule has 0 saturated carbocycles. The molecular formula is C21H20FN3O2. The molecule has 0 bridgehead atoms. The van der Waals surface area contributed by atoms with Crippen LogP contribution in [-0.4, -0.2) is 30.0 Å². The molecule has 2 heterocycles. The van der Waals surface area contributed by atoms with Gasteiger partial charge in [-0.2, -0.15) is 0 Å². The maximum absolute atomic E-state index is 13.0. The number of ether oxygens (including phenoxy) is 2. The lowest BCUT2D eigenvalue weighted by Crippen LogP contribution is -1.98. The van der Waals surface area contributed by atoms with Gasteiger partial charge in [-0.25, -0.2) is 14.4 Å². The summed E-state index contributed by atoms with van der Waals surface area (Å²) in [4.78, 5) is 9.01. The fourth-order valence-corrected chi connectivity index (χ4v) is 3.38. The van der Waals surface area contributed by atoms with Crippen molar-refractivity contribution in [1.29, 1.82) is 0 Å². The largest absolute Gasteiger partial charge is 0.493 e. The predicted octanol–water partition coefficient (Wildman–Crippen LogP) is 4.40. The Kier molecular flexibility index (Phi) is 4.62. The third-order valence-electron chi connectivity index (χ3n) is 4.75. The van der Waals surface area contributed by atoms with Crippen LogP contribution in [0.1, 0.15) is 17.5 Å². The minimum atomic E-state index is -0.261. The third kappa shape index (κ3) is 3.30. The summed E-state index contributed by atoms with van der Waals surface area (Å²) < 4.78 is 26.1. The van der Waals surface area contributed by atoms with Gasteiger partial charge in [0, 0.05) is 18.3 Å². The van der Waals surface area contributed by atoms with E-state index >= 15 is 0 Å². The van der Waals surface area contributed by atoms with Gasteiger partial charge in [-0.3, -0.25) is 0 Å². The number of imidazole rings is 1. The summed E-state index contributed by atoms with van der Waals surface area (Å²) in [6.07, 6.45) is 5.46. The molecule has 2 aromatic carbocycles. The number of fused-ring (bicyclic) bond motifs is 3. The fraction of sp³-hybridized carbons (Fsp3) is 0.238. The Morgan fingerprint density at radius 2 is 1.85 bits per heavy atom. The first-order valence-corrected chi connectivity index (χ1v) is 8.80. The molecule has 4 rings (SSSR count). The van der Waals surface area contributed by atoms with Crippen LogP contribution in [0.3, 0.4) is 0 Å². The highest BCUT2D eigenvalue weighted by Crippen LogP contribution is 2.39. The topological polar surface area (TPSA) is 48.6 Å². The third-order valence-corrected chi connectivity index (χ3v) is 4.75. The summed E-state index contributed by atoms with van der Waals surface area (Å²) in [7, 11) is 3.28. The number of aryl methyl sites for hydroxylation is 1. The molecule has 1 aliphatic heterocycles. The number of nitrogens with zero attached hydrogens (tertiary/aromatic N) is 3. The number of benzene rings is 2.